The van der Waals surface area contributed by atoms with E-state index in [4.69, 9.17) is 13.9 Å². The summed E-state index contributed by atoms with van der Waals surface area (Å²) in [5.41, 5.74) is 3.46. The van der Waals surface area contributed by atoms with Crippen LogP contribution in [0.2, 0.25) is 0 Å². The normalized spacial score (nSPS) is 14.6. The van der Waals surface area contributed by atoms with Gasteiger partial charge < -0.3 is 19.0 Å². The molecule has 1 aromatic heterocycles. The molecule has 1 aliphatic rings. The molecule has 2 heterocycles. The summed E-state index contributed by atoms with van der Waals surface area (Å²) in [4.78, 5) is 41.4. The summed E-state index contributed by atoms with van der Waals surface area (Å²) in [6.07, 6.45) is 0. The topological polar surface area (TPSA) is 106 Å². The molecular formula is C30H27NO7. The third kappa shape index (κ3) is 4.08. The highest BCUT2D eigenvalue weighted by molar-refractivity contribution is 6.11. The number of fused-ring (bicyclic) bond motifs is 2. The van der Waals surface area contributed by atoms with Crippen LogP contribution in [0.5, 0.6) is 11.5 Å². The van der Waals surface area contributed by atoms with Gasteiger partial charge in [-0.1, -0.05) is 6.07 Å². The molecule has 0 aliphatic carbocycles. The standard InChI is InChI=1S/C30H27NO7/c1-5-36-24-15-19(9-12-22(24)32)26-25-27(33)21-13-16(3)17(4)14-23(21)38-28(25)29(34)31(26)20-10-7-18(8-11-20)30(35)37-6-2/h7-15,26,32H,5-6H2,1-4H3. The lowest BCUT2D eigenvalue weighted by Crippen LogP contribution is -2.29. The van der Waals surface area contributed by atoms with E-state index in [1.165, 1.54) is 11.0 Å². The van der Waals surface area contributed by atoms with Gasteiger partial charge in [0, 0.05) is 5.69 Å². The molecule has 1 unspecified atom stereocenters. The van der Waals surface area contributed by atoms with Crippen molar-refractivity contribution in [2.24, 2.45) is 0 Å². The number of esters is 1. The largest absolute Gasteiger partial charge is 0.504 e. The van der Waals surface area contributed by atoms with Crippen LogP contribution in [0.25, 0.3) is 11.0 Å². The van der Waals surface area contributed by atoms with Crippen LogP contribution in [-0.2, 0) is 4.74 Å². The van der Waals surface area contributed by atoms with Gasteiger partial charge in [-0.25, -0.2) is 4.79 Å². The number of ether oxygens (including phenoxy) is 2. The van der Waals surface area contributed by atoms with E-state index in [0.29, 0.717) is 34.4 Å². The first-order chi connectivity index (χ1) is 18.2. The van der Waals surface area contributed by atoms with Crippen molar-refractivity contribution in [3.63, 3.8) is 0 Å². The number of aryl methyl sites for hydroxylation is 2. The highest BCUT2D eigenvalue weighted by Crippen LogP contribution is 2.43. The third-order valence-corrected chi connectivity index (χ3v) is 6.74. The maximum Gasteiger partial charge on any atom is 0.338 e. The van der Waals surface area contributed by atoms with Crippen molar-refractivity contribution in [1.29, 1.82) is 0 Å². The van der Waals surface area contributed by atoms with Crippen molar-refractivity contribution in [2.75, 3.05) is 18.1 Å². The fraction of sp³-hybridized carbons (Fsp3) is 0.233. The monoisotopic (exact) mass is 513 g/mol. The minimum absolute atomic E-state index is 0.0451. The molecule has 0 fully saturated rings. The lowest BCUT2D eigenvalue weighted by Gasteiger charge is -2.26. The van der Waals surface area contributed by atoms with Gasteiger partial charge in [0.25, 0.3) is 5.91 Å². The Morgan fingerprint density at radius 2 is 1.68 bits per heavy atom. The molecule has 0 saturated heterocycles. The maximum atomic E-state index is 13.9. The van der Waals surface area contributed by atoms with E-state index in [1.54, 1.807) is 62.4 Å². The lowest BCUT2D eigenvalue weighted by atomic mass is 9.97. The Morgan fingerprint density at radius 1 is 0.974 bits per heavy atom. The number of benzene rings is 3. The van der Waals surface area contributed by atoms with E-state index in [9.17, 15) is 19.5 Å². The zero-order valence-electron chi connectivity index (χ0n) is 21.5. The summed E-state index contributed by atoms with van der Waals surface area (Å²) in [5, 5.41) is 10.7. The van der Waals surface area contributed by atoms with Gasteiger partial charge in [0.1, 0.15) is 5.58 Å². The first-order valence-corrected chi connectivity index (χ1v) is 12.4. The smallest absolute Gasteiger partial charge is 0.338 e. The molecule has 0 bridgehead atoms. The molecule has 4 aromatic rings. The van der Waals surface area contributed by atoms with E-state index in [0.717, 1.165) is 11.1 Å². The summed E-state index contributed by atoms with van der Waals surface area (Å²) in [5.74, 6) is -0.823. The number of carbonyl (C=O) groups excluding carboxylic acids is 2. The Kier molecular flexibility index (Phi) is 6.40. The highest BCUT2D eigenvalue weighted by atomic mass is 16.5. The second-order valence-corrected chi connectivity index (χ2v) is 9.11. The Bertz CT molecular complexity index is 1640. The van der Waals surface area contributed by atoms with Gasteiger partial charge in [0.2, 0.25) is 5.76 Å². The van der Waals surface area contributed by atoms with Crippen LogP contribution in [-0.4, -0.2) is 30.2 Å². The summed E-state index contributed by atoms with van der Waals surface area (Å²) in [6.45, 7) is 7.91. The van der Waals surface area contributed by atoms with Crippen LogP contribution in [0.1, 0.15) is 63.1 Å². The van der Waals surface area contributed by atoms with Gasteiger partial charge in [-0.15, -0.1) is 0 Å². The molecule has 194 valence electrons. The van der Waals surface area contributed by atoms with Crippen LogP contribution < -0.4 is 15.1 Å². The molecule has 1 aliphatic heterocycles. The van der Waals surface area contributed by atoms with Crippen molar-refractivity contribution < 1.29 is 28.6 Å². The van der Waals surface area contributed by atoms with Gasteiger partial charge in [0.15, 0.2) is 16.9 Å². The van der Waals surface area contributed by atoms with Crippen molar-refractivity contribution in [2.45, 2.75) is 33.7 Å². The fourth-order valence-corrected chi connectivity index (χ4v) is 4.75. The van der Waals surface area contributed by atoms with Crippen LogP contribution in [0.4, 0.5) is 5.69 Å². The second-order valence-electron chi connectivity index (χ2n) is 9.11. The molecule has 38 heavy (non-hydrogen) atoms. The van der Waals surface area contributed by atoms with Crippen LogP contribution in [0.3, 0.4) is 0 Å². The minimum Gasteiger partial charge on any atom is -0.504 e. The van der Waals surface area contributed by atoms with Gasteiger partial charge in [-0.3, -0.25) is 14.5 Å². The molecular weight excluding hydrogens is 486 g/mol. The van der Waals surface area contributed by atoms with Crippen LogP contribution in [0.15, 0.2) is 63.8 Å². The molecule has 1 atom stereocenters. The molecule has 0 radical (unpaired) electrons. The lowest BCUT2D eigenvalue weighted by molar-refractivity contribution is 0.0526. The summed E-state index contributed by atoms with van der Waals surface area (Å²) in [6, 6.07) is 13.8. The predicted octanol–water partition coefficient (Wildman–Crippen LogP) is 5.44. The second kappa shape index (κ2) is 9.70. The van der Waals surface area contributed by atoms with Crippen molar-refractivity contribution in [1.82, 2.24) is 0 Å². The molecule has 8 nitrogen and oxygen atoms in total. The van der Waals surface area contributed by atoms with Crippen LogP contribution in [0, 0.1) is 13.8 Å². The van der Waals surface area contributed by atoms with Crippen molar-refractivity contribution >= 4 is 28.5 Å². The average Bonchev–Trinajstić information content (AvgIpc) is 3.19. The number of anilines is 1. The number of rotatable bonds is 6. The number of aromatic hydroxyl groups is 1. The van der Waals surface area contributed by atoms with Crippen molar-refractivity contribution in [3.05, 3.63) is 98.4 Å². The zero-order chi connectivity index (χ0) is 27.1. The number of carbonyl (C=O) groups is 2. The quantitative estimate of drug-likeness (QED) is 0.342. The molecule has 0 saturated carbocycles. The number of hydrogen-bond acceptors (Lipinski definition) is 7. The molecule has 0 spiro atoms. The summed E-state index contributed by atoms with van der Waals surface area (Å²) < 4.78 is 16.7. The Labute approximate surface area is 219 Å². The minimum atomic E-state index is -0.854. The third-order valence-electron chi connectivity index (χ3n) is 6.74. The zero-order valence-corrected chi connectivity index (χ0v) is 21.5. The van der Waals surface area contributed by atoms with E-state index in [-0.39, 0.29) is 34.9 Å². The molecule has 1 N–H and O–H groups in total. The van der Waals surface area contributed by atoms with E-state index in [2.05, 4.69) is 0 Å². The average molecular weight is 514 g/mol. The predicted molar refractivity (Wildman–Crippen MR) is 142 cm³/mol. The van der Waals surface area contributed by atoms with Crippen molar-refractivity contribution in [3.8, 4) is 11.5 Å². The van der Waals surface area contributed by atoms with Gasteiger partial charge in [-0.05, 0) is 92.9 Å². The van der Waals surface area contributed by atoms with E-state index >= 15 is 0 Å². The fourth-order valence-electron chi connectivity index (χ4n) is 4.75. The molecule has 1 amide bonds. The van der Waals surface area contributed by atoms with Gasteiger partial charge in [-0.2, -0.15) is 0 Å². The Balaban J connectivity index is 1.73. The van der Waals surface area contributed by atoms with Gasteiger partial charge in [0.05, 0.1) is 35.8 Å². The molecule has 5 rings (SSSR count). The maximum absolute atomic E-state index is 13.9. The summed E-state index contributed by atoms with van der Waals surface area (Å²) >= 11 is 0. The van der Waals surface area contributed by atoms with E-state index in [1.807, 2.05) is 13.8 Å². The van der Waals surface area contributed by atoms with Gasteiger partial charge >= 0.3 is 5.97 Å². The Morgan fingerprint density at radius 3 is 2.37 bits per heavy atom. The number of amides is 1. The highest BCUT2D eigenvalue weighted by Gasteiger charge is 2.44. The first kappa shape index (κ1) is 25.1. The number of phenolic OH excluding ortho intramolecular Hbond substituents is 1. The Hall–Kier alpha value is -4.59. The summed E-state index contributed by atoms with van der Waals surface area (Å²) in [7, 11) is 0. The van der Waals surface area contributed by atoms with Crippen LogP contribution >= 0.6 is 0 Å². The first-order valence-electron chi connectivity index (χ1n) is 12.4. The number of nitrogens with zero attached hydrogens (tertiary/aromatic N) is 1. The number of phenols is 1. The molecule has 3 aromatic carbocycles. The number of hydrogen-bond donors (Lipinski definition) is 1. The van der Waals surface area contributed by atoms with E-state index < -0.39 is 17.9 Å². The SMILES string of the molecule is CCOC(=O)c1ccc(N2C(=O)c3oc4cc(C)c(C)cc4c(=O)c3C2c2ccc(O)c(OCC)c2)cc1. The molecule has 8 heteroatoms.